The molecule has 63 heavy (non-hydrogen) atoms. The molecule has 0 fully saturated rings. The fourth-order valence-corrected chi connectivity index (χ4v) is 10.3. The van der Waals surface area contributed by atoms with Crippen LogP contribution in [0.15, 0.2) is 146 Å². The van der Waals surface area contributed by atoms with E-state index in [-0.39, 0.29) is 16.2 Å². The van der Waals surface area contributed by atoms with Crippen molar-refractivity contribution in [3.05, 3.63) is 185 Å². The maximum atomic E-state index is 5.66. The second kappa shape index (κ2) is 14.4. The van der Waals surface area contributed by atoms with Crippen LogP contribution >= 0.6 is 0 Å². The summed E-state index contributed by atoms with van der Waals surface area (Å²) in [5.74, 6) is 0.922. The van der Waals surface area contributed by atoms with Crippen molar-refractivity contribution in [1.82, 2.24) is 19.3 Å². The minimum atomic E-state index is -0.262. The first-order valence-corrected chi connectivity index (χ1v) is 22.3. The normalized spacial score (nSPS) is 13.7. The molecule has 0 spiro atoms. The van der Waals surface area contributed by atoms with Crippen LogP contribution < -0.4 is 4.90 Å². The van der Waals surface area contributed by atoms with E-state index in [9.17, 15) is 0 Å². The molecule has 314 valence electrons. The third-order valence-corrected chi connectivity index (χ3v) is 13.3. The molecular formula is C58H57N5. The second-order valence-corrected chi connectivity index (χ2v) is 20.3. The van der Waals surface area contributed by atoms with Crippen molar-refractivity contribution in [1.29, 1.82) is 0 Å². The Balaban J connectivity index is 1.25. The van der Waals surface area contributed by atoms with Gasteiger partial charge in [-0.2, -0.15) is 5.10 Å². The van der Waals surface area contributed by atoms with Crippen LogP contribution in [0, 0.1) is 20.8 Å². The predicted molar refractivity (Wildman–Crippen MR) is 265 cm³/mol. The Labute approximate surface area is 372 Å². The fourth-order valence-electron chi connectivity index (χ4n) is 10.3. The summed E-state index contributed by atoms with van der Waals surface area (Å²) in [6.45, 7) is 25.1. The third kappa shape index (κ3) is 6.51. The smallest absolute Gasteiger partial charge is 0.137 e. The summed E-state index contributed by atoms with van der Waals surface area (Å²) in [6, 6.07) is 51.5. The first-order chi connectivity index (χ1) is 30.0. The number of benzene rings is 6. The van der Waals surface area contributed by atoms with Crippen LogP contribution in [0.1, 0.15) is 94.5 Å². The van der Waals surface area contributed by atoms with Crippen LogP contribution in [0.3, 0.4) is 0 Å². The van der Waals surface area contributed by atoms with Crippen molar-refractivity contribution < 1.29 is 0 Å². The molecule has 4 heterocycles. The lowest BCUT2D eigenvalue weighted by Crippen LogP contribution is -2.30. The Hall–Kier alpha value is -6.72. The van der Waals surface area contributed by atoms with Crippen molar-refractivity contribution in [2.45, 2.75) is 92.4 Å². The molecule has 0 amide bonds. The number of aromatic nitrogens is 4. The van der Waals surface area contributed by atoms with Gasteiger partial charge in [0.15, 0.2) is 0 Å². The maximum absolute atomic E-state index is 5.66. The molecule has 10 rings (SSSR count). The van der Waals surface area contributed by atoms with Gasteiger partial charge in [0.1, 0.15) is 5.82 Å². The molecule has 6 aromatic carbocycles. The molecule has 0 saturated carbocycles. The lowest BCUT2D eigenvalue weighted by Gasteiger charge is -2.42. The van der Waals surface area contributed by atoms with Gasteiger partial charge in [-0.25, -0.2) is 9.67 Å². The largest absolute Gasteiger partial charge is 0.310 e. The molecular weight excluding hydrogens is 767 g/mol. The number of nitrogens with zero attached hydrogens (tertiary/aromatic N) is 5. The maximum Gasteiger partial charge on any atom is 0.137 e. The first-order valence-electron chi connectivity index (χ1n) is 22.3. The Morgan fingerprint density at radius 2 is 1.19 bits per heavy atom. The fraction of sp³-hybridized carbons (Fsp3) is 0.241. The van der Waals surface area contributed by atoms with Crippen molar-refractivity contribution in [2.75, 3.05) is 4.90 Å². The van der Waals surface area contributed by atoms with Crippen LogP contribution in [0.4, 0.5) is 17.1 Å². The van der Waals surface area contributed by atoms with Crippen LogP contribution in [0.2, 0.25) is 0 Å². The van der Waals surface area contributed by atoms with E-state index in [1.165, 1.54) is 61.0 Å². The second-order valence-electron chi connectivity index (χ2n) is 20.3. The quantitative estimate of drug-likeness (QED) is 0.174. The summed E-state index contributed by atoms with van der Waals surface area (Å²) in [7, 11) is 0. The summed E-state index contributed by atoms with van der Waals surface area (Å²) in [5, 5.41) is 8.07. The van der Waals surface area contributed by atoms with E-state index >= 15 is 0 Å². The molecule has 9 aromatic rings. The van der Waals surface area contributed by atoms with Crippen molar-refractivity contribution in [3.8, 4) is 33.9 Å². The highest BCUT2D eigenvalue weighted by atomic mass is 15.3. The number of aryl methyl sites for hydroxylation is 3. The minimum Gasteiger partial charge on any atom is -0.310 e. The Bertz CT molecular complexity index is 3230. The van der Waals surface area contributed by atoms with Crippen molar-refractivity contribution >= 4 is 38.9 Å². The highest BCUT2D eigenvalue weighted by Gasteiger charge is 2.38. The molecule has 1 aliphatic rings. The summed E-state index contributed by atoms with van der Waals surface area (Å²) in [4.78, 5) is 7.49. The molecule has 5 nitrogen and oxygen atoms in total. The number of rotatable bonds is 5. The highest BCUT2D eigenvalue weighted by Crippen LogP contribution is 2.53. The Morgan fingerprint density at radius 3 is 1.92 bits per heavy atom. The van der Waals surface area contributed by atoms with Gasteiger partial charge in [-0.1, -0.05) is 152 Å². The zero-order valence-electron chi connectivity index (χ0n) is 38.6. The zero-order chi connectivity index (χ0) is 44.2. The SMILES string of the molecule is Cc1cc(C)c(-c2c(C(C)(C)C)nn(-c3ccc4c(c3)N(c3ccc5c6ccccc6n(-c6cc(C(C)(C)C)ccn6)c5c3)c3ccccc3C4(C)C)c2-c2ccccc2)c(C)c1. The predicted octanol–water partition coefficient (Wildman–Crippen LogP) is 15.3. The van der Waals surface area contributed by atoms with Gasteiger partial charge in [-0.15, -0.1) is 0 Å². The van der Waals surface area contributed by atoms with Crippen LogP contribution in [-0.2, 0) is 16.2 Å². The number of anilines is 3. The number of para-hydroxylation sites is 2. The molecule has 0 atom stereocenters. The van der Waals surface area contributed by atoms with Gasteiger partial charge < -0.3 is 4.90 Å². The van der Waals surface area contributed by atoms with E-state index in [1.807, 2.05) is 6.20 Å². The molecule has 5 heteroatoms. The minimum absolute atomic E-state index is 0.0193. The Morgan fingerprint density at radius 1 is 0.540 bits per heavy atom. The molecule has 0 saturated heterocycles. The molecule has 0 radical (unpaired) electrons. The van der Waals surface area contributed by atoms with E-state index < -0.39 is 0 Å². The molecule has 0 bridgehead atoms. The Kier molecular flexibility index (Phi) is 9.24. The van der Waals surface area contributed by atoms with E-state index in [4.69, 9.17) is 10.1 Å². The summed E-state index contributed by atoms with van der Waals surface area (Å²) in [5.41, 5.74) is 19.6. The molecule has 3 aromatic heterocycles. The lowest BCUT2D eigenvalue weighted by molar-refractivity contribution is 0.561. The van der Waals surface area contributed by atoms with Crippen molar-refractivity contribution in [2.24, 2.45) is 0 Å². The van der Waals surface area contributed by atoms with Gasteiger partial charge in [0.05, 0.1) is 39.5 Å². The van der Waals surface area contributed by atoms with E-state index in [0.717, 1.165) is 50.9 Å². The van der Waals surface area contributed by atoms with Gasteiger partial charge in [0.25, 0.3) is 0 Å². The molecule has 0 N–H and O–H groups in total. The van der Waals surface area contributed by atoms with Crippen LogP contribution in [0.5, 0.6) is 0 Å². The topological polar surface area (TPSA) is 38.9 Å². The number of pyridine rings is 1. The standard InChI is InChI=1S/C58H57N5/c1-36-31-37(2)52(38(3)32-36)53-54(39-19-13-12-14-20-39)63(60-55(53)57(7,8)9)42-26-28-46-50(35-42)61(48-24-18-16-22-45(48)58(46,10)11)41-25-27-44-43-21-15-17-23-47(43)62(49(44)34-41)51-33-40(29-30-59-51)56(4,5)6/h12-35H,1-11H3. The summed E-state index contributed by atoms with van der Waals surface area (Å²) in [6.07, 6.45) is 1.96. The number of fused-ring (bicyclic) bond motifs is 5. The van der Waals surface area contributed by atoms with Gasteiger partial charge in [0, 0.05) is 44.6 Å². The summed E-state index contributed by atoms with van der Waals surface area (Å²) >= 11 is 0. The average molecular weight is 824 g/mol. The van der Waals surface area contributed by atoms with E-state index in [1.54, 1.807) is 0 Å². The van der Waals surface area contributed by atoms with Gasteiger partial charge in [0.2, 0.25) is 0 Å². The van der Waals surface area contributed by atoms with Crippen LogP contribution in [0.25, 0.3) is 55.7 Å². The number of hydrogen-bond donors (Lipinski definition) is 0. The number of hydrogen-bond acceptors (Lipinski definition) is 3. The first kappa shape index (κ1) is 40.4. The summed E-state index contributed by atoms with van der Waals surface area (Å²) < 4.78 is 4.58. The van der Waals surface area contributed by atoms with Gasteiger partial charge in [-0.05, 0) is 108 Å². The van der Waals surface area contributed by atoms with Crippen LogP contribution in [-0.4, -0.2) is 19.3 Å². The molecule has 1 aliphatic heterocycles. The van der Waals surface area contributed by atoms with Gasteiger partial charge in [-0.3, -0.25) is 4.57 Å². The molecule has 0 unspecified atom stereocenters. The van der Waals surface area contributed by atoms with E-state index in [0.29, 0.717) is 0 Å². The van der Waals surface area contributed by atoms with Gasteiger partial charge >= 0.3 is 0 Å². The monoisotopic (exact) mass is 823 g/mol. The molecule has 0 aliphatic carbocycles. The average Bonchev–Trinajstić information content (AvgIpc) is 3.80. The van der Waals surface area contributed by atoms with Crippen molar-refractivity contribution in [3.63, 3.8) is 0 Å². The lowest BCUT2D eigenvalue weighted by atomic mass is 9.73. The highest BCUT2D eigenvalue weighted by molar-refractivity contribution is 6.10. The zero-order valence-corrected chi connectivity index (χ0v) is 38.6. The van der Waals surface area contributed by atoms with E-state index in [2.05, 4.69) is 230 Å². The third-order valence-electron chi connectivity index (χ3n) is 13.3.